The molecule has 1 aliphatic rings. The van der Waals surface area contributed by atoms with Gasteiger partial charge in [-0.15, -0.1) is 24.0 Å². The van der Waals surface area contributed by atoms with Crippen LogP contribution in [0.1, 0.15) is 18.4 Å². The van der Waals surface area contributed by atoms with E-state index in [-0.39, 0.29) is 47.6 Å². The molecule has 166 valence electrons. The lowest BCUT2D eigenvalue weighted by Crippen LogP contribution is -2.40. The van der Waals surface area contributed by atoms with Crippen LogP contribution in [-0.4, -0.2) is 63.6 Å². The number of hydrogen-bond donors (Lipinski definition) is 2. The Hall–Kier alpha value is -1.05. The van der Waals surface area contributed by atoms with E-state index in [2.05, 4.69) is 20.6 Å². The van der Waals surface area contributed by atoms with Gasteiger partial charge in [-0.2, -0.15) is 13.2 Å². The first-order valence-electron chi connectivity index (χ1n) is 8.89. The van der Waals surface area contributed by atoms with Crippen molar-refractivity contribution in [2.75, 3.05) is 46.6 Å². The van der Waals surface area contributed by atoms with Crippen LogP contribution < -0.4 is 15.4 Å². The third-order valence-electron chi connectivity index (χ3n) is 3.85. The quantitative estimate of drug-likeness (QED) is 0.212. The predicted octanol–water partition coefficient (Wildman–Crippen LogP) is 3.11. The Morgan fingerprint density at radius 3 is 2.72 bits per heavy atom. The molecule has 0 bridgehead atoms. The van der Waals surface area contributed by atoms with Gasteiger partial charge in [0.2, 0.25) is 5.88 Å². The highest BCUT2D eigenvalue weighted by Crippen LogP contribution is 2.32. The Kier molecular flexibility index (Phi) is 11.9. The molecule has 0 spiro atoms. The highest BCUT2D eigenvalue weighted by atomic mass is 127. The number of aromatic nitrogens is 1. The number of rotatable bonds is 9. The van der Waals surface area contributed by atoms with E-state index in [0.29, 0.717) is 38.5 Å². The summed E-state index contributed by atoms with van der Waals surface area (Å²) < 4.78 is 54.0. The van der Waals surface area contributed by atoms with Crippen molar-refractivity contribution in [3.05, 3.63) is 22.8 Å². The third-order valence-corrected chi connectivity index (χ3v) is 4.12. The van der Waals surface area contributed by atoms with Crippen molar-refractivity contribution in [1.29, 1.82) is 0 Å². The van der Waals surface area contributed by atoms with Gasteiger partial charge in [0, 0.05) is 33.0 Å². The zero-order valence-electron chi connectivity index (χ0n) is 15.9. The minimum Gasteiger partial charge on any atom is -0.475 e. The summed E-state index contributed by atoms with van der Waals surface area (Å²) in [5, 5.41) is 5.97. The first kappa shape index (κ1) is 26.0. The predicted molar refractivity (Wildman–Crippen MR) is 114 cm³/mol. The maximum Gasteiger partial charge on any atom is 0.417 e. The van der Waals surface area contributed by atoms with Crippen molar-refractivity contribution in [2.24, 2.45) is 4.99 Å². The van der Waals surface area contributed by atoms with Gasteiger partial charge in [0.05, 0.1) is 24.8 Å². The monoisotopic (exact) mass is 552 g/mol. The van der Waals surface area contributed by atoms with E-state index in [1.807, 2.05) is 0 Å². The van der Waals surface area contributed by atoms with E-state index in [1.165, 1.54) is 0 Å². The molecule has 2 rings (SSSR count). The van der Waals surface area contributed by atoms with Gasteiger partial charge >= 0.3 is 6.18 Å². The molecule has 0 saturated carbocycles. The number of halogens is 5. The molecule has 1 unspecified atom stereocenters. The molecule has 12 heteroatoms. The number of guanidine groups is 1. The van der Waals surface area contributed by atoms with E-state index in [0.717, 1.165) is 25.5 Å². The van der Waals surface area contributed by atoms with Crippen LogP contribution in [0.4, 0.5) is 13.2 Å². The molecule has 1 aromatic heterocycles. The highest BCUT2D eigenvalue weighted by Gasteiger charge is 2.31. The van der Waals surface area contributed by atoms with E-state index >= 15 is 0 Å². The minimum atomic E-state index is -4.50. The lowest BCUT2D eigenvalue weighted by atomic mass is 10.3. The second kappa shape index (κ2) is 13.3. The van der Waals surface area contributed by atoms with Gasteiger partial charge in [-0.25, -0.2) is 4.98 Å². The largest absolute Gasteiger partial charge is 0.475 e. The molecule has 1 saturated heterocycles. The molecular formula is C17H25ClF3IN4O3. The Morgan fingerprint density at radius 2 is 2.10 bits per heavy atom. The summed E-state index contributed by atoms with van der Waals surface area (Å²) in [5.74, 6) is 0.534. The summed E-state index contributed by atoms with van der Waals surface area (Å²) in [5.41, 5.74) is -0.919. The molecule has 2 heterocycles. The fourth-order valence-electron chi connectivity index (χ4n) is 2.40. The normalized spacial score (nSPS) is 17.0. The average Bonchev–Trinajstić information content (AvgIpc) is 3.16. The van der Waals surface area contributed by atoms with Gasteiger partial charge in [-0.1, -0.05) is 11.6 Å². The molecule has 1 fully saturated rings. The van der Waals surface area contributed by atoms with Crippen LogP contribution in [0, 0.1) is 0 Å². The smallest absolute Gasteiger partial charge is 0.417 e. The summed E-state index contributed by atoms with van der Waals surface area (Å²) in [6.45, 7) is 3.26. The molecule has 0 aliphatic carbocycles. The molecule has 0 amide bonds. The van der Waals surface area contributed by atoms with Crippen LogP contribution in [0.3, 0.4) is 0 Å². The maximum atomic E-state index is 12.6. The third kappa shape index (κ3) is 9.53. The van der Waals surface area contributed by atoms with Crippen LogP contribution in [0.25, 0.3) is 0 Å². The number of aliphatic imine (C=N–C) groups is 1. The van der Waals surface area contributed by atoms with E-state index in [1.54, 1.807) is 7.05 Å². The average molecular weight is 553 g/mol. The van der Waals surface area contributed by atoms with Gasteiger partial charge in [-0.05, 0) is 18.9 Å². The Labute approximate surface area is 189 Å². The van der Waals surface area contributed by atoms with Crippen LogP contribution in [0.2, 0.25) is 5.02 Å². The van der Waals surface area contributed by atoms with Crippen molar-refractivity contribution in [3.8, 4) is 5.88 Å². The lowest BCUT2D eigenvalue weighted by Gasteiger charge is -2.14. The van der Waals surface area contributed by atoms with Gasteiger partial charge < -0.3 is 24.8 Å². The number of pyridine rings is 1. The molecule has 29 heavy (non-hydrogen) atoms. The van der Waals surface area contributed by atoms with E-state index in [4.69, 9.17) is 25.8 Å². The van der Waals surface area contributed by atoms with Gasteiger partial charge in [0.1, 0.15) is 11.6 Å². The van der Waals surface area contributed by atoms with Crippen LogP contribution in [-0.2, 0) is 15.7 Å². The molecule has 2 N–H and O–H groups in total. The summed E-state index contributed by atoms with van der Waals surface area (Å²) in [6, 6.07) is 0.789. The topological polar surface area (TPSA) is 77.0 Å². The zero-order chi connectivity index (χ0) is 20.4. The molecule has 0 aromatic carbocycles. The second-order valence-corrected chi connectivity index (χ2v) is 6.40. The molecule has 7 nitrogen and oxygen atoms in total. The van der Waals surface area contributed by atoms with Crippen LogP contribution in [0.5, 0.6) is 5.88 Å². The first-order valence-corrected chi connectivity index (χ1v) is 9.27. The number of ether oxygens (including phenoxy) is 3. The van der Waals surface area contributed by atoms with Crippen molar-refractivity contribution >= 4 is 41.5 Å². The maximum absolute atomic E-state index is 12.6. The van der Waals surface area contributed by atoms with Crippen molar-refractivity contribution in [2.45, 2.75) is 25.1 Å². The van der Waals surface area contributed by atoms with Crippen LogP contribution in [0.15, 0.2) is 17.3 Å². The Morgan fingerprint density at radius 1 is 1.34 bits per heavy atom. The molecule has 1 atom stereocenters. The molecular weight excluding hydrogens is 528 g/mol. The second-order valence-electron chi connectivity index (χ2n) is 5.99. The van der Waals surface area contributed by atoms with E-state index in [9.17, 15) is 13.2 Å². The van der Waals surface area contributed by atoms with Crippen molar-refractivity contribution < 1.29 is 27.4 Å². The summed E-state index contributed by atoms with van der Waals surface area (Å²) in [6.07, 6.45) is -1.85. The van der Waals surface area contributed by atoms with Gasteiger partial charge in [0.25, 0.3) is 0 Å². The number of nitrogens with one attached hydrogen (secondary N) is 2. The Bertz CT molecular complexity index is 647. The summed E-state index contributed by atoms with van der Waals surface area (Å²) in [4.78, 5) is 7.69. The molecule has 1 aliphatic heterocycles. The zero-order valence-corrected chi connectivity index (χ0v) is 19.0. The summed E-state index contributed by atoms with van der Waals surface area (Å²) >= 11 is 5.79. The van der Waals surface area contributed by atoms with E-state index < -0.39 is 11.7 Å². The minimum absolute atomic E-state index is 0. The fourth-order valence-corrected chi connectivity index (χ4v) is 2.62. The number of hydrogen-bond acceptors (Lipinski definition) is 5. The van der Waals surface area contributed by atoms with Crippen molar-refractivity contribution in [1.82, 2.24) is 15.6 Å². The molecule has 1 aromatic rings. The lowest BCUT2D eigenvalue weighted by molar-refractivity contribution is -0.137. The first-order chi connectivity index (χ1) is 13.4. The van der Waals surface area contributed by atoms with Crippen molar-refractivity contribution in [3.63, 3.8) is 0 Å². The fraction of sp³-hybridized carbons (Fsp3) is 0.647. The van der Waals surface area contributed by atoms with Gasteiger partial charge in [-0.3, -0.25) is 4.99 Å². The summed E-state index contributed by atoms with van der Waals surface area (Å²) in [7, 11) is 1.64. The Balaban J connectivity index is 0.00000420. The number of alkyl halides is 3. The van der Waals surface area contributed by atoms with Crippen LogP contribution >= 0.6 is 35.6 Å². The number of nitrogens with zero attached hydrogens (tertiary/aromatic N) is 2. The highest BCUT2D eigenvalue weighted by molar-refractivity contribution is 14.0. The SMILES string of the molecule is CN=C(NCCCOC1CCOC1)NCCOc1ncc(C(F)(F)F)cc1Cl.I. The van der Waals surface area contributed by atoms with Gasteiger partial charge in [0.15, 0.2) is 5.96 Å². The molecule has 0 radical (unpaired) electrons. The standard InChI is InChI=1S/C17H24ClF3N4O3.HI/c1-22-16(23-4-2-6-27-13-3-7-26-11-13)24-5-8-28-15-14(18)9-12(10-25-15)17(19,20)21;/h9-10,13H,2-8,11H2,1H3,(H2,22,23,24);1H.